The van der Waals surface area contributed by atoms with E-state index in [1.807, 2.05) is 48.7 Å². The fourth-order valence-electron chi connectivity index (χ4n) is 3.79. The number of pyridine rings is 1. The quantitative estimate of drug-likeness (QED) is 0.711. The van der Waals surface area contributed by atoms with E-state index < -0.39 is 0 Å². The zero-order valence-corrected chi connectivity index (χ0v) is 16.0. The summed E-state index contributed by atoms with van der Waals surface area (Å²) in [6.45, 7) is 2.65. The maximum Gasteiger partial charge on any atom is 0.234 e. The molecule has 0 radical (unpaired) electrons. The van der Waals surface area contributed by atoms with Gasteiger partial charge in [0.15, 0.2) is 5.65 Å². The number of piperidine rings is 1. The van der Waals surface area contributed by atoms with Crippen molar-refractivity contribution in [1.29, 1.82) is 0 Å². The minimum absolute atomic E-state index is 0.0366. The van der Waals surface area contributed by atoms with Crippen molar-refractivity contribution in [3.63, 3.8) is 0 Å². The van der Waals surface area contributed by atoms with Crippen LogP contribution >= 0.6 is 0 Å². The van der Waals surface area contributed by atoms with Crippen LogP contribution in [0.25, 0.3) is 5.65 Å². The van der Waals surface area contributed by atoms with Gasteiger partial charge < -0.3 is 10.1 Å². The molecule has 0 aliphatic carbocycles. The third kappa shape index (κ3) is 4.14. The van der Waals surface area contributed by atoms with E-state index in [0.717, 1.165) is 48.7 Å². The molecule has 1 N–H and O–H groups in total. The molecule has 7 nitrogen and oxygen atoms in total. The third-order valence-corrected chi connectivity index (χ3v) is 5.20. The molecule has 2 aromatic heterocycles. The van der Waals surface area contributed by atoms with Gasteiger partial charge in [-0.2, -0.15) is 0 Å². The second-order valence-electron chi connectivity index (χ2n) is 7.19. The number of nitrogens with zero attached hydrogens (tertiary/aromatic N) is 4. The van der Waals surface area contributed by atoms with E-state index in [1.54, 1.807) is 7.11 Å². The molecule has 4 rings (SSSR count). The third-order valence-electron chi connectivity index (χ3n) is 5.20. The fraction of sp³-hybridized carbons (Fsp3) is 0.381. The largest absolute Gasteiger partial charge is 0.497 e. The van der Waals surface area contributed by atoms with E-state index in [-0.39, 0.29) is 11.8 Å². The summed E-state index contributed by atoms with van der Waals surface area (Å²) in [5.41, 5.74) is 1.89. The number of amides is 1. The smallest absolute Gasteiger partial charge is 0.234 e. The Labute approximate surface area is 164 Å². The van der Waals surface area contributed by atoms with E-state index >= 15 is 0 Å². The Kier molecular flexibility index (Phi) is 5.53. The number of hydrogen-bond acceptors (Lipinski definition) is 5. The maximum atomic E-state index is 12.4. The average Bonchev–Trinajstić information content (AvgIpc) is 3.17. The Hall–Kier alpha value is -2.93. The van der Waals surface area contributed by atoms with Gasteiger partial charge in [-0.05, 0) is 49.2 Å². The van der Waals surface area contributed by atoms with Gasteiger partial charge >= 0.3 is 0 Å². The Morgan fingerprint density at radius 2 is 2.18 bits per heavy atom. The van der Waals surface area contributed by atoms with E-state index in [0.29, 0.717) is 13.1 Å². The highest BCUT2D eigenvalue weighted by atomic mass is 16.5. The number of carbonyl (C=O) groups is 1. The molecule has 0 saturated carbocycles. The molecule has 1 atom stereocenters. The number of ether oxygens (including phenoxy) is 1. The van der Waals surface area contributed by atoms with E-state index in [2.05, 4.69) is 24.8 Å². The molecule has 1 saturated heterocycles. The standard InChI is InChI=1S/C21H25N5O2/c1-28-18-8-4-6-16(12-18)13-22-20(27)15-25-10-5-7-17(14-25)21-24-23-19-9-2-3-11-26(19)21/h2-4,6,8-9,11-12,17H,5,7,10,13-15H2,1H3,(H,22,27)/t17-/m1/s1. The molecule has 0 bridgehead atoms. The van der Waals surface area contributed by atoms with Crippen LogP contribution in [-0.4, -0.2) is 52.1 Å². The fourth-order valence-corrected chi connectivity index (χ4v) is 3.79. The summed E-state index contributed by atoms with van der Waals surface area (Å²) in [4.78, 5) is 14.6. The van der Waals surface area contributed by atoms with Gasteiger partial charge in [0.1, 0.15) is 11.6 Å². The first kappa shape index (κ1) is 18.4. The zero-order chi connectivity index (χ0) is 19.3. The minimum Gasteiger partial charge on any atom is -0.497 e. The van der Waals surface area contributed by atoms with Gasteiger partial charge in [-0.15, -0.1) is 10.2 Å². The van der Waals surface area contributed by atoms with Gasteiger partial charge in [0.2, 0.25) is 5.91 Å². The highest BCUT2D eigenvalue weighted by Gasteiger charge is 2.26. The molecular weight excluding hydrogens is 354 g/mol. The van der Waals surface area contributed by atoms with Crippen LogP contribution in [0.1, 0.15) is 30.1 Å². The van der Waals surface area contributed by atoms with Gasteiger partial charge in [0, 0.05) is 25.2 Å². The summed E-state index contributed by atoms with van der Waals surface area (Å²) in [5, 5.41) is 11.7. The number of methoxy groups -OCH3 is 1. The molecule has 1 fully saturated rings. The van der Waals surface area contributed by atoms with Crippen molar-refractivity contribution >= 4 is 11.6 Å². The number of rotatable bonds is 6. The summed E-state index contributed by atoms with van der Waals surface area (Å²) in [5.74, 6) is 2.11. The Morgan fingerprint density at radius 3 is 3.07 bits per heavy atom. The lowest BCUT2D eigenvalue weighted by molar-refractivity contribution is -0.122. The molecule has 7 heteroatoms. The average molecular weight is 379 g/mol. The van der Waals surface area contributed by atoms with Gasteiger partial charge in [-0.3, -0.25) is 14.1 Å². The Morgan fingerprint density at radius 1 is 1.25 bits per heavy atom. The molecule has 1 aromatic carbocycles. The second-order valence-corrected chi connectivity index (χ2v) is 7.19. The molecule has 3 aromatic rings. The van der Waals surface area contributed by atoms with Gasteiger partial charge in [-0.1, -0.05) is 18.2 Å². The monoisotopic (exact) mass is 379 g/mol. The van der Waals surface area contributed by atoms with Crippen LogP contribution in [0, 0.1) is 0 Å². The highest BCUT2D eigenvalue weighted by molar-refractivity contribution is 5.78. The van der Waals surface area contributed by atoms with Crippen LogP contribution in [-0.2, 0) is 11.3 Å². The molecule has 1 amide bonds. The first-order valence-corrected chi connectivity index (χ1v) is 9.64. The van der Waals surface area contributed by atoms with Crippen molar-refractivity contribution < 1.29 is 9.53 Å². The molecule has 1 aliphatic rings. The summed E-state index contributed by atoms with van der Waals surface area (Å²) in [7, 11) is 1.64. The number of benzene rings is 1. The van der Waals surface area contributed by atoms with E-state index in [1.165, 1.54) is 0 Å². The zero-order valence-electron chi connectivity index (χ0n) is 16.0. The van der Waals surface area contributed by atoms with Crippen molar-refractivity contribution in [2.24, 2.45) is 0 Å². The van der Waals surface area contributed by atoms with Gasteiger partial charge in [0.25, 0.3) is 0 Å². The van der Waals surface area contributed by atoms with E-state index in [9.17, 15) is 4.79 Å². The van der Waals surface area contributed by atoms with Crippen LogP contribution in [0.3, 0.4) is 0 Å². The predicted octanol–water partition coefficient (Wildman–Crippen LogP) is 2.23. The molecule has 3 heterocycles. The maximum absolute atomic E-state index is 12.4. The molecule has 28 heavy (non-hydrogen) atoms. The topological polar surface area (TPSA) is 71.8 Å². The first-order valence-electron chi connectivity index (χ1n) is 9.64. The van der Waals surface area contributed by atoms with Gasteiger partial charge in [-0.25, -0.2) is 0 Å². The minimum atomic E-state index is 0.0366. The Bertz CT molecular complexity index is 955. The number of aromatic nitrogens is 3. The van der Waals surface area contributed by atoms with Crippen molar-refractivity contribution in [2.45, 2.75) is 25.3 Å². The lowest BCUT2D eigenvalue weighted by atomic mass is 9.97. The molecule has 146 valence electrons. The van der Waals surface area contributed by atoms with Crippen LogP contribution in [0.4, 0.5) is 0 Å². The number of fused-ring (bicyclic) bond motifs is 1. The van der Waals surface area contributed by atoms with Crippen LogP contribution in [0.15, 0.2) is 48.7 Å². The van der Waals surface area contributed by atoms with Crippen LogP contribution < -0.4 is 10.1 Å². The molecular formula is C21H25N5O2. The van der Waals surface area contributed by atoms with Crippen molar-refractivity contribution in [3.05, 3.63) is 60.0 Å². The molecule has 0 unspecified atom stereocenters. The van der Waals surface area contributed by atoms with Crippen molar-refractivity contribution in [3.8, 4) is 5.75 Å². The molecule has 0 spiro atoms. The second kappa shape index (κ2) is 8.39. The van der Waals surface area contributed by atoms with E-state index in [4.69, 9.17) is 4.74 Å². The lowest BCUT2D eigenvalue weighted by Crippen LogP contribution is -2.42. The molecule has 1 aliphatic heterocycles. The number of likely N-dealkylation sites (tertiary alicyclic amines) is 1. The van der Waals surface area contributed by atoms with Crippen molar-refractivity contribution in [2.75, 3.05) is 26.7 Å². The summed E-state index contributed by atoms with van der Waals surface area (Å²) >= 11 is 0. The summed E-state index contributed by atoms with van der Waals surface area (Å²) in [6.07, 6.45) is 4.12. The first-order chi connectivity index (χ1) is 13.7. The van der Waals surface area contributed by atoms with Crippen LogP contribution in [0.5, 0.6) is 5.75 Å². The number of hydrogen-bond donors (Lipinski definition) is 1. The number of nitrogens with one attached hydrogen (secondary N) is 1. The predicted molar refractivity (Wildman–Crippen MR) is 106 cm³/mol. The number of carbonyl (C=O) groups excluding carboxylic acids is 1. The summed E-state index contributed by atoms with van der Waals surface area (Å²) < 4.78 is 7.28. The van der Waals surface area contributed by atoms with Crippen LogP contribution in [0.2, 0.25) is 0 Å². The lowest BCUT2D eigenvalue weighted by Gasteiger charge is -2.31. The Balaban J connectivity index is 1.34. The van der Waals surface area contributed by atoms with Gasteiger partial charge in [0.05, 0.1) is 13.7 Å². The summed E-state index contributed by atoms with van der Waals surface area (Å²) in [6, 6.07) is 13.7. The SMILES string of the molecule is COc1cccc(CNC(=O)CN2CCC[C@@H](c3nnc4ccccn34)C2)c1. The highest BCUT2D eigenvalue weighted by Crippen LogP contribution is 2.25. The van der Waals surface area contributed by atoms with Crippen molar-refractivity contribution in [1.82, 2.24) is 24.8 Å². The normalized spacial score (nSPS) is 17.5.